The van der Waals surface area contributed by atoms with Crippen LogP contribution in [0.1, 0.15) is 49.7 Å². The lowest BCUT2D eigenvalue weighted by Crippen LogP contribution is -2.39. The summed E-state index contributed by atoms with van der Waals surface area (Å²) in [6, 6.07) is 6.80. The number of hydrogen-bond donors (Lipinski definition) is 1. The summed E-state index contributed by atoms with van der Waals surface area (Å²) in [4.78, 5) is 15.0. The van der Waals surface area contributed by atoms with Crippen LogP contribution >= 0.6 is 0 Å². The summed E-state index contributed by atoms with van der Waals surface area (Å²) in [6.45, 7) is 4.36. The monoisotopic (exact) mass is 396 g/mol. The van der Waals surface area contributed by atoms with Crippen LogP contribution in [-0.2, 0) is 17.9 Å². The molecule has 0 spiro atoms. The van der Waals surface area contributed by atoms with Crippen molar-refractivity contribution in [2.24, 2.45) is 0 Å². The number of benzene rings is 1. The molecule has 6 heteroatoms. The first-order valence-corrected chi connectivity index (χ1v) is 10.9. The molecule has 0 unspecified atom stereocenters. The Labute approximate surface area is 173 Å². The van der Waals surface area contributed by atoms with E-state index in [1.54, 1.807) is 4.68 Å². The molecule has 1 aliphatic carbocycles. The summed E-state index contributed by atoms with van der Waals surface area (Å²) in [5.41, 5.74) is 4.22. The number of carbonyl (C=O) groups is 1. The van der Waals surface area contributed by atoms with Gasteiger partial charge in [-0.15, -0.1) is 0 Å². The van der Waals surface area contributed by atoms with E-state index in [0.29, 0.717) is 19.2 Å². The lowest BCUT2D eigenvalue weighted by molar-refractivity contribution is -0.121. The van der Waals surface area contributed by atoms with E-state index in [2.05, 4.69) is 35.4 Å². The smallest absolute Gasteiger partial charge is 0.241 e. The van der Waals surface area contributed by atoms with Crippen LogP contribution in [0.15, 0.2) is 24.4 Å². The molecular weight excluding hydrogens is 364 g/mol. The molecule has 1 fully saturated rings. The van der Waals surface area contributed by atoms with Crippen LogP contribution < -0.4 is 10.1 Å². The van der Waals surface area contributed by atoms with Gasteiger partial charge >= 0.3 is 0 Å². The van der Waals surface area contributed by atoms with Gasteiger partial charge in [0.05, 0.1) is 11.9 Å². The quantitative estimate of drug-likeness (QED) is 0.759. The number of likely N-dealkylation sites (N-methyl/N-ethyl adjacent to an activating group) is 1. The molecule has 29 heavy (non-hydrogen) atoms. The summed E-state index contributed by atoms with van der Waals surface area (Å²) in [5, 5.41) is 7.53. The number of hydrogen-bond acceptors (Lipinski definition) is 4. The zero-order valence-corrected chi connectivity index (χ0v) is 17.6. The third kappa shape index (κ3) is 4.64. The standard InChI is InChI=1S/C23H32N4O2/c1-17-9-10-21-20(13-17)23-18(16-29-21)14-25-27(23)15-22(28)24-11-12-26(2)19-7-5-3-4-6-8-19/h9-10,13-14,19H,3-8,11-12,15-16H2,1-2H3,(H,24,28). The third-order valence-corrected chi connectivity index (χ3v) is 6.22. The van der Waals surface area contributed by atoms with Gasteiger partial charge in [0.15, 0.2) is 0 Å². The van der Waals surface area contributed by atoms with Crippen molar-refractivity contribution in [1.29, 1.82) is 0 Å². The average Bonchev–Trinajstić information content (AvgIpc) is 2.93. The largest absolute Gasteiger partial charge is 0.488 e. The molecular formula is C23H32N4O2. The summed E-state index contributed by atoms with van der Waals surface area (Å²) in [7, 11) is 2.19. The van der Waals surface area contributed by atoms with E-state index in [0.717, 1.165) is 29.1 Å². The first-order chi connectivity index (χ1) is 14.1. The zero-order chi connectivity index (χ0) is 20.2. The molecule has 1 aromatic carbocycles. The molecule has 0 radical (unpaired) electrons. The zero-order valence-electron chi connectivity index (χ0n) is 17.6. The Bertz CT molecular complexity index is 853. The summed E-state index contributed by atoms with van der Waals surface area (Å²) in [6.07, 6.45) is 9.77. The van der Waals surface area contributed by atoms with Gasteiger partial charge in [0.25, 0.3) is 0 Å². The fourth-order valence-corrected chi connectivity index (χ4v) is 4.52. The Kier molecular flexibility index (Phi) is 6.19. The van der Waals surface area contributed by atoms with Crippen LogP contribution in [0, 0.1) is 6.92 Å². The summed E-state index contributed by atoms with van der Waals surface area (Å²) in [5.74, 6) is 0.862. The number of ether oxygens (including phenoxy) is 1. The molecule has 1 aliphatic heterocycles. The normalized spacial score (nSPS) is 16.7. The number of amides is 1. The van der Waals surface area contributed by atoms with E-state index < -0.39 is 0 Å². The average molecular weight is 397 g/mol. The highest BCUT2D eigenvalue weighted by molar-refractivity contribution is 5.78. The van der Waals surface area contributed by atoms with Crippen molar-refractivity contribution >= 4 is 5.91 Å². The maximum absolute atomic E-state index is 12.6. The first-order valence-electron chi connectivity index (χ1n) is 10.9. The van der Waals surface area contributed by atoms with Crippen molar-refractivity contribution in [3.8, 4) is 17.0 Å². The highest BCUT2D eigenvalue weighted by atomic mass is 16.5. The van der Waals surface area contributed by atoms with Gasteiger partial charge in [-0.3, -0.25) is 9.48 Å². The van der Waals surface area contributed by atoms with Crippen molar-refractivity contribution in [3.63, 3.8) is 0 Å². The van der Waals surface area contributed by atoms with Gasteiger partial charge in [0.2, 0.25) is 5.91 Å². The minimum absolute atomic E-state index is 0.00543. The van der Waals surface area contributed by atoms with Crippen molar-refractivity contribution in [3.05, 3.63) is 35.5 Å². The van der Waals surface area contributed by atoms with Crippen LogP contribution in [0.2, 0.25) is 0 Å². The van der Waals surface area contributed by atoms with Gasteiger partial charge < -0.3 is 15.0 Å². The second-order valence-electron chi connectivity index (χ2n) is 8.44. The predicted molar refractivity (Wildman–Crippen MR) is 114 cm³/mol. The SMILES string of the molecule is Cc1ccc2c(c1)-c1c(cnn1CC(=O)NCCN(C)C1CCCCCC1)CO2. The molecule has 1 amide bonds. The van der Waals surface area contributed by atoms with E-state index in [1.807, 2.05) is 18.3 Å². The predicted octanol–water partition coefficient (Wildman–Crippen LogP) is 3.52. The Morgan fingerprint density at radius 2 is 2.07 bits per heavy atom. The second kappa shape index (κ2) is 8.99. The minimum atomic E-state index is 0.00543. The molecule has 1 aromatic heterocycles. The van der Waals surface area contributed by atoms with Crippen molar-refractivity contribution in [1.82, 2.24) is 20.0 Å². The molecule has 2 aromatic rings. The summed E-state index contributed by atoms with van der Waals surface area (Å²) < 4.78 is 7.63. The fourth-order valence-electron chi connectivity index (χ4n) is 4.52. The Hall–Kier alpha value is -2.34. The Morgan fingerprint density at radius 1 is 1.28 bits per heavy atom. The van der Waals surface area contributed by atoms with Crippen molar-refractivity contribution in [2.45, 2.75) is 64.6 Å². The highest BCUT2D eigenvalue weighted by Crippen LogP contribution is 2.37. The van der Waals surface area contributed by atoms with E-state index in [1.165, 1.54) is 44.1 Å². The Balaban J connectivity index is 1.34. The number of carbonyl (C=O) groups excluding carboxylic acids is 1. The highest BCUT2D eigenvalue weighted by Gasteiger charge is 2.23. The lowest BCUT2D eigenvalue weighted by Gasteiger charge is -2.27. The van der Waals surface area contributed by atoms with Gasteiger partial charge in [-0.05, 0) is 38.9 Å². The number of aryl methyl sites for hydroxylation is 1. The van der Waals surface area contributed by atoms with Crippen molar-refractivity contribution in [2.75, 3.05) is 20.1 Å². The lowest BCUT2D eigenvalue weighted by atomic mass is 10.0. The number of rotatable bonds is 6. The van der Waals surface area contributed by atoms with E-state index in [-0.39, 0.29) is 12.5 Å². The molecule has 2 heterocycles. The number of aromatic nitrogens is 2. The molecule has 1 N–H and O–H groups in total. The molecule has 2 aliphatic rings. The van der Waals surface area contributed by atoms with E-state index >= 15 is 0 Å². The number of nitrogens with zero attached hydrogens (tertiary/aromatic N) is 3. The van der Waals surface area contributed by atoms with Crippen LogP contribution in [0.25, 0.3) is 11.3 Å². The topological polar surface area (TPSA) is 59.4 Å². The van der Waals surface area contributed by atoms with Gasteiger partial charge in [-0.1, -0.05) is 37.3 Å². The second-order valence-corrected chi connectivity index (χ2v) is 8.44. The van der Waals surface area contributed by atoms with Gasteiger partial charge in [-0.2, -0.15) is 5.10 Å². The molecule has 156 valence electrons. The molecule has 0 bridgehead atoms. The van der Waals surface area contributed by atoms with Crippen LogP contribution in [0.5, 0.6) is 5.75 Å². The summed E-state index contributed by atoms with van der Waals surface area (Å²) >= 11 is 0. The third-order valence-electron chi connectivity index (χ3n) is 6.22. The minimum Gasteiger partial charge on any atom is -0.488 e. The molecule has 0 atom stereocenters. The van der Waals surface area contributed by atoms with E-state index in [4.69, 9.17) is 4.74 Å². The van der Waals surface area contributed by atoms with Crippen molar-refractivity contribution < 1.29 is 9.53 Å². The van der Waals surface area contributed by atoms with Crippen LogP contribution in [0.4, 0.5) is 0 Å². The van der Waals surface area contributed by atoms with Gasteiger partial charge in [0, 0.05) is 30.3 Å². The van der Waals surface area contributed by atoms with Gasteiger partial charge in [-0.25, -0.2) is 0 Å². The fraction of sp³-hybridized carbons (Fsp3) is 0.565. The molecule has 0 saturated heterocycles. The maximum atomic E-state index is 12.6. The van der Waals surface area contributed by atoms with Crippen LogP contribution in [0.3, 0.4) is 0 Å². The maximum Gasteiger partial charge on any atom is 0.241 e. The molecule has 4 rings (SSSR count). The number of fused-ring (bicyclic) bond motifs is 3. The Morgan fingerprint density at radius 3 is 2.86 bits per heavy atom. The molecule has 6 nitrogen and oxygen atoms in total. The number of nitrogens with one attached hydrogen (secondary N) is 1. The first kappa shape index (κ1) is 20.0. The van der Waals surface area contributed by atoms with Crippen LogP contribution in [-0.4, -0.2) is 46.8 Å². The van der Waals surface area contributed by atoms with E-state index in [9.17, 15) is 4.79 Å². The molecule has 1 saturated carbocycles. The van der Waals surface area contributed by atoms with Gasteiger partial charge in [0.1, 0.15) is 18.9 Å².